The SMILES string of the molecule is COc1ccc(OC)n2ncnc12. The Hall–Kier alpha value is -1.78. The van der Waals surface area contributed by atoms with Gasteiger partial charge in [-0.15, -0.1) is 0 Å². The molecule has 2 aromatic heterocycles. The predicted molar refractivity (Wildman–Crippen MR) is 46.1 cm³/mol. The maximum absolute atomic E-state index is 5.11. The van der Waals surface area contributed by atoms with Crippen LogP contribution in [0.1, 0.15) is 0 Å². The van der Waals surface area contributed by atoms with E-state index in [1.165, 1.54) is 6.33 Å². The highest BCUT2D eigenvalue weighted by atomic mass is 16.5. The third-order valence-electron chi connectivity index (χ3n) is 1.78. The maximum atomic E-state index is 5.11. The average Bonchev–Trinajstić information content (AvgIpc) is 2.64. The quantitative estimate of drug-likeness (QED) is 0.682. The van der Waals surface area contributed by atoms with Crippen molar-refractivity contribution in [3.63, 3.8) is 0 Å². The van der Waals surface area contributed by atoms with Crippen molar-refractivity contribution < 1.29 is 9.47 Å². The van der Waals surface area contributed by atoms with Crippen molar-refractivity contribution >= 4 is 5.65 Å². The lowest BCUT2D eigenvalue weighted by Crippen LogP contribution is -1.97. The first kappa shape index (κ1) is 7.85. The zero-order valence-electron chi connectivity index (χ0n) is 7.39. The van der Waals surface area contributed by atoms with E-state index < -0.39 is 0 Å². The van der Waals surface area contributed by atoms with Crippen LogP contribution in [0.5, 0.6) is 11.6 Å². The van der Waals surface area contributed by atoms with E-state index >= 15 is 0 Å². The summed E-state index contributed by atoms with van der Waals surface area (Å²) in [6.45, 7) is 0. The first-order valence-electron chi connectivity index (χ1n) is 3.77. The topological polar surface area (TPSA) is 48.7 Å². The van der Waals surface area contributed by atoms with Gasteiger partial charge in [-0.25, -0.2) is 4.98 Å². The van der Waals surface area contributed by atoms with Gasteiger partial charge in [0, 0.05) is 6.07 Å². The molecule has 0 atom stereocenters. The molecule has 0 radical (unpaired) electrons. The first-order chi connectivity index (χ1) is 6.36. The number of hydrogen-bond acceptors (Lipinski definition) is 4. The zero-order chi connectivity index (χ0) is 9.26. The molecule has 2 heterocycles. The molecule has 0 aromatic carbocycles. The average molecular weight is 179 g/mol. The molecule has 2 aromatic rings. The number of rotatable bonds is 2. The molecule has 0 amide bonds. The summed E-state index contributed by atoms with van der Waals surface area (Å²) in [6.07, 6.45) is 1.46. The van der Waals surface area contributed by atoms with Gasteiger partial charge in [0.15, 0.2) is 5.75 Å². The molecule has 0 unspecified atom stereocenters. The molecule has 0 aliphatic carbocycles. The summed E-state index contributed by atoms with van der Waals surface area (Å²) in [5.41, 5.74) is 0.654. The van der Waals surface area contributed by atoms with E-state index in [4.69, 9.17) is 9.47 Å². The Kier molecular flexibility index (Phi) is 1.77. The lowest BCUT2D eigenvalue weighted by Gasteiger charge is -2.04. The Morgan fingerprint density at radius 1 is 1.23 bits per heavy atom. The molecule has 0 saturated carbocycles. The Labute approximate surface area is 74.9 Å². The molecule has 0 spiro atoms. The largest absolute Gasteiger partial charge is 0.493 e. The number of fused-ring (bicyclic) bond motifs is 1. The van der Waals surface area contributed by atoms with Gasteiger partial charge >= 0.3 is 0 Å². The lowest BCUT2D eigenvalue weighted by atomic mass is 10.4. The van der Waals surface area contributed by atoms with Gasteiger partial charge in [-0.05, 0) is 6.07 Å². The molecule has 0 saturated heterocycles. The van der Waals surface area contributed by atoms with Crippen molar-refractivity contribution in [2.45, 2.75) is 0 Å². The molecule has 13 heavy (non-hydrogen) atoms. The third-order valence-corrected chi connectivity index (χ3v) is 1.78. The van der Waals surface area contributed by atoms with Gasteiger partial charge < -0.3 is 9.47 Å². The van der Waals surface area contributed by atoms with E-state index in [-0.39, 0.29) is 0 Å². The van der Waals surface area contributed by atoms with Crippen LogP contribution in [0.25, 0.3) is 5.65 Å². The minimum absolute atomic E-state index is 0.633. The van der Waals surface area contributed by atoms with Gasteiger partial charge in [-0.2, -0.15) is 9.61 Å². The predicted octanol–water partition coefficient (Wildman–Crippen LogP) is 0.746. The van der Waals surface area contributed by atoms with E-state index in [1.54, 1.807) is 30.9 Å². The van der Waals surface area contributed by atoms with Crippen LogP contribution >= 0.6 is 0 Å². The van der Waals surface area contributed by atoms with Crippen molar-refractivity contribution in [3.8, 4) is 11.6 Å². The minimum atomic E-state index is 0.633. The number of ether oxygens (including phenoxy) is 2. The summed E-state index contributed by atoms with van der Waals surface area (Å²) in [5.74, 6) is 1.31. The van der Waals surface area contributed by atoms with E-state index in [1.807, 2.05) is 0 Å². The van der Waals surface area contributed by atoms with Gasteiger partial charge in [0.05, 0.1) is 14.2 Å². The Balaban J connectivity index is 2.74. The minimum Gasteiger partial charge on any atom is -0.493 e. The zero-order valence-corrected chi connectivity index (χ0v) is 7.39. The highest BCUT2D eigenvalue weighted by Crippen LogP contribution is 2.21. The van der Waals surface area contributed by atoms with E-state index in [0.717, 1.165) is 0 Å². The second-order valence-corrected chi connectivity index (χ2v) is 2.44. The van der Waals surface area contributed by atoms with Crippen LogP contribution in [0.3, 0.4) is 0 Å². The number of pyridine rings is 1. The summed E-state index contributed by atoms with van der Waals surface area (Å²) < 4.78 is 11.8. The molecule has 68 valence electrons. The normalized spacial score (nSPS) is 10.3. The second-order valence-electron chi connectivity index (χ2n) is 2.44. The summed E-state index contributed by atoms with van der Waals surface area (Å²) in [7, 11) is 3.18. The Morgan fingerprint density at radius 2 is 2.08 bits per heavy atom. The van der Waals surface area contributed by atoms with E-state index in [0.29, 0.717) is 17.3 Å². The molecule has 0 bridgehead atoms. The number of aromatic nitrogens is 3. The van der Waals surface area contributed by atoms with Crippen molar-refractivity contribution in [1.82, 2.24) is 14.6 Å². The highest BCUT2D eigenvalue weighted by Gasteiger charge is 2.07. The molecular formula is C8H9N3O2. The molecule has 0 fully saturated rings. The van der Waals surface area contributed by atoms with Gasteiger partial charge in [-0.3, -0.25) is 0 Å². The van der Waals surface area contributed by atoms with Crippen LogP contribution in [-0.4, -0.2) is 28.8 Å². The van der Waals surface area contributed by atoms with Crippen LogP contribution in [0.2, 0.25) is 0 Å². The molecule has 0 aliphatic rings. The fourth-order valence-corrected chi connectivity index (χ4v) is 1.18. The number of nitrogens with zero attached hydrogens (tertiary/aromatic N) is 3. The Bertz CT molecular complexity index is 386. The van der Waals surface area contributed by atoms with Crippen LogP contribution < -0.4 is 9.47 Å². The second kappa shape index (κ2) is 2.93. The molecule has 0 N–H and O–H groups in total. The van der Waals surface area contributed by atoms with Gasteiger partial charge in [0.25, 0.3) is 0 Å². The smallest absolute Gasteiger partial charge is 0.216 e. The van der Waals surface area contributed by atoms with Crippen LogP contribution in [0, 0.1) is 0 Å². The highest BCUT2D eigenvalue weighted by molar-refractivity contribution is 5.54. The van der Waals surface area contributed by atoms with Gasteiger partial charge in [-0.1, -0.05) is 0 Å². The van der Waals surface area contributed by atoms with E-state index in [9.17, 15) is 0 Å². The molecule has 0 aliphatic heterocycles. The standard InChI is InChI=1S/C8H9N3O2/c1-12-6-3-4-7(13-2)11-8(6)9-5-10-11/h3-5H,1-2H3. The fraction of sp³-hybridized carbons (Fsp3) is 0.250. The maximum Gasteiger partial charge on any atom is 0.216 e. The van der Waals surface area contributed by atoms with Crippen molar-refractivity contribution in [3.05, 3.63) is 18.5 Å². The van der Waals surface area contributed by atoms with Crippen molar-refractivity contribution in [2.24, 2.45) is 0 Å². The van der Waals surface area contributed by atoms with E-state index in [2.05, 4.69) is 10.1 Å². The third kappa shape index (κ3) is 1.09. The number of hydrogen-bond donors (Lipinski definition) is 0. The molecular weight excluding hydrogens is 170 g/mol. The molecule has 5 heteroatoms. The van der Waals surface area contributed by atoms with Crippen LogP contribution in [-0.2, 0) is 0 Å². The monoisotopic (exact) mass is 179 g/mol. The summed E-state index contributed by atoms with van der Waals surface area (Å²) in [6, 6.07) is 3.57. The van der Waals surface area contributed by atoms with Crippen molar-refractivity contribution in [1.29, 1.82) is 0 Å². The van der Waals surface area contributed by atoms with Gasteiger partial charge in [0.1, 0.15) is 6.33 Å². The molecule has 2 rings (SSSR count). The fourth-order valence-electron chi connectivity index (χ4n) is 1.18. The Morgan fingerprint density at radius 3 is 2.77 bits per heavy atom. The molecule has 5 nitrogen and oxygen atoms in total. The lowest BCUT2D eigenvalue weighted by molar-refractivity contribution is 0.379. The first-order valence-corrected chi connectivity index (χ1v) is 3.77. The summed E-state index contributed by atoms with van der Waals surface area (Å²) in [4.78, 5) is 4.04. The summed E-state index contributed by atoms with van der Waals surface area (Å²) >= 11 is 0. The van der Waals surface area contributed by atoms with Gasteiger partial charge in [0.2, 0.25) is 11.5 Å². The van der Waals surface area contributed by atoms with Crippen LogP contribution in [0.15, 0.2) is 18.5 Å². The summed E-state index contributed by atoms with van der Waals surface area (Å²) in [5, 5.41) is 4.00. The van der Waals surface area contributed by atoms with Crippen molar-refractivity contribution in [2.75, 3.05) is 14.2 Å². The number of methoxy groups -OCH3 is 2. The van der Waals surface area contributed by atoms with Crippen LogP contribution in [0.4, 0.5) is 0 Å².